The average molecular weight is 1300 g/mol. The van der Waals surface area contributed by atoms with Gasteiger partial charge in [0.15, 0.2) is 44.0 Å². The summed E-state index contributed by atoms with van der Waals surface area (Å²) in [7, 11) is 1.42. The molecule has 0 saturated carbocycles. The van der Waals surface area contributed by atoms with Gasteiger partial charge in [-0.3, -0.25) is 10.1 Å². The lowest BCUT2D eigenvalue weighted by molar-refractivity contribution is -0.398. The van der Waals surface area contributed by atoms with Crippen LogP contribution in [0.3, 0.4) is 0 Å². The maximum absolute atomic E-state index is 12.1. The van der Waals surface area contributed by atoms with E-state index in [9.17, 15) is 112 Å². The minimum absolute atomic E-state index is 0.0903. The summed E-state index contributed by atoms with van der Waals surface area (Å²) in [6.07, 6.45) is -71.3. The molecule has 0 aromatic heterocycles. The topological polar surface area (TPSA) is 598 Å². The number of nitro benzene ring substituents is 1. The molecule has 21 saturated heterocycles. The van der Waals surface area contributed by atoms with Crippen LogP contribution in [-0.4, -0.2) is 375 Å². The average Bonchev–Trinajstić information content (AvgIpc) is 1.29. The molecule has 21 heterocycles. The molecule has 35 atom stereocenters. The summed E-state index contributed by atoms with van der Waals surface area (Å²) in [5.74, 6) is 0. The number of nitro groups is 1. The summed E-state index contributed by atoms with van der Waals surface area (Å²) in [6.45, 7) is -8.16. The summed E-state index contributed by atoms with van der Waals surface area (Å²) in [5, 5.41) is 238. The Morgan fingerprint density at radius 3 is 0.843 bits per heavy atom. The molecule has 89 heavy (non-hydrogen) atoms. The molecule has 14 bridgehead atoms. The molecule has 0 unspecified atom stereocenters. The van der Waals surface area contributed by atoms with Crippen molar-refractivity contribution in [2.24, 2.45) is 0 Å². The highest BCUT2D eigenvalue weighted by Crippen LogP contribution is 2.40. The summed E-state index contributed by atoms with van der Waals surface area (Å²) in [6, 6.07) is 3.84. The van der Waals surface area contributed by atoms with Gasteiger partial charge in [-0.2, -0.15) is 0 Å². The molecule has 21 aliphatic heterocycles. The second kappa shape index (κ2) is 30.2. The SMILES string of the molecule is CNc1ccc(CO[C@@H]2[C@@H](O)[C@H]3O[C@H]4[C@H](O)[C@@H](O)[C@@H](O[C@H]5[C@H](O)[C@@H](O)[C@@H](O[C@H]6[C@H](O)[C@@H](O)[C@@H](O[C@H]7[C@@H](O)[C@H](O)[C@@H](O[C@H]8[C@@H](O)[C@H](O)[C@@H](O[C@H]9[C@@H](O)[C@H](O)[C@@H](O[C@@H]2[C@@H](CO)O3)O[C@@H]9CO)O[C@@H]8CO)O[C@@H]7CO)O[C@@H]6CO)O[C@@H]5CO)O[C@@H]4CO)cc1[N+](=O)[O-]. The van der Waals surface area contributed by atoms with Crippen LogP contribution in [0.2, 0.25) is 0 Å². The highest BCUT2D eigenvalue weighted by atomic mass is 16.8. The Hall–Kier alpha value is -2.98. The normalized spacial score (nSPS) is 49.4. The minimum atomic E-state index is -2.27. The minimum Gasteiger partial charge on any atom is -0.394 e. The molecule has 0 radical (unpaired) electrons. The quantitative estimate of drug-likeness (QED) is 0.0682. The third-order valence-corrected chi connectivity index (χ3v) is 16.7. The van der Waals surface area contributed by atoms with E-state index >= 15 is 0 Å². The van der Waals surface area contributed by atoms with Crippen molar-refractivity contribution in [2.45, 2.75) is 222 Å². The van der Waals surface area contributed by atoms with E-state index in [1.165, 1.54) is 19.2 Å². The summed E-state index contributed by atoms with van der Waals surface area (Å²) < 4.78 is 87.3. The van der Waals surface area contributed by atoms with Crippen LogP contribution in [0.4, 0.5) is 11.4 Å². The molecule has 21 fully saturated rings. The van der Waals surface area contributed by atoms with Crippen LogP contribution in [0.5, 0.6) is 0 Å². The number of nitrogens with zero attached hydrogens (tertiary/aromatic N) is 1. The number of benzene rings is 1. The van der Waals surface area contributed by atoms with Crippen molar-refractivity contribution in [1.29, 1.82) is 0 Å². The largest absolute Gasteiger partial charge is 0.394 e. The fraction of sp³-hybridized carbons (Fsp3) is 0.880. The standard InChI is InChI=1S/C50H78N2O37/c1-51-14-3-2-13(4-15(14)52(73)74)12-75-43-35(72)50-82-22(11-59)42(43)89-49-34(71)28(65)40(20(9-57)81-49)87-47-32(69)26(63)38(18(7-55)79-47)85-45-30(67)24(61)36(16(5-53)77-45)83-44-29(66)23(60)37(17(6-54)76-44)84-46-31(68)25(62)39(19(8-56)78-46)86-48-33(70)27(64)41(88-50)21(10-58)80-48/h2-4,16-51,53-72H,5-12H2,1H3/t16-,17-,18-,19-,20-,21-,22-,23-,24+,25-,26+,27-,28+,29-,30+,31-,32+,33-,34+,35-,36-,37-,38-,39-,40-,41-,42-,43-,44-,45-,46-,47-,48-,49-,50-/m1/s1. The van der Waals surface area contributed by atoms with Crippen molar-refractivity contribution < 1.29 is 178 Å². The lowest BCUT2D eigenvalue weighted by Gasteiger charge is -2.50. The van der Waals surface area contributed by atoms with Crippen LogP contribution in [0.15, 0.2) is 18.2 Å². The number of hydrogen-bond acceptors (Lipinski definition) is 38. The van der Waals surface area contributed by atoms with E-state index in [-0.39, 0.29) is 11.3 Å². The second-order valence-corrected chi connectivity index (χ2v) is 22.3. The van der Waals surface area contributed by atoms with Gasteiger partial charge in [-0.05, 0) is 11.6 Å². The van der Waals surface area contributed by atoms with Crippen LogP contribution < -0.4 is 5.32 Å². The fourth-order valence-electron chi connectivity index (χ4n) is 11.8. The number of aliphatic hydroxyl groups is 20. The molecular formula is C50H78N2O37. The van der Waals surface area contributed by atoms with Crippen molar-refractivity contribution >= 4 is 11.4 Å². The molecule has 1 aromatic carbocycles. The first-order chi connectivity index (χ1) is 42.5. The van der Waals surface area contributed by atoms with Gasteiger partial charge < -0.3 is 179 Å². The first kappa shape index (κ1) is 70.3. The van der Waals surface area contributed by atoms with Crippen LogP contribution >= 0.6 is 0 Å². The van der Waals surface area contributed by atoms with Crippen LogP contribution in [0.1, 0.15) is 5.56 Å². The van der Waals surface area contributed by atoms with Crippen molar-refractivity contribution in [3.63, 3.8) is 0 Å². The molecule has 39 nitrogen and oxygen atoms in total. The molecular weight excluding hydrogens is 1220 g/mol. The van der Waals surface area contributed by atoms with Gasteiger partial charge in [-0.15, -0.1) is 0 Å². The highest BCUT2D eigenvalue weighted by Gasteiger charge is 2.60. The predicted molar refractivity (Wildman–Crippen MR) is 274 cm³/mol. The van der Waals surface area contributed by atoms with E-state index in [0.29, 0.717) is 0 Å². The van der Waals surface area contributed by atoms with Gasteiger partial charge in [0.25, 0.3) is 5.69 Å². The second-order valence-electron chi connectivity index (χ2n) is 22.3. The van der Waals surface area contributed by atoms with Crippen LogP contribution in [0, 0.1) is 10.1 Å². The number of hydrogen-bond donors (Lipinski definition) is 21. The van der Waals surface area contributed by atoms with Gasteiger partial charge in [0.2, 0.25) is 0 Å². The number of nitrogens with one attached hydrogen (secondary N) is 1. The number of aliphatic hydroxyl groups excluding tert-OH is 20. The Labute approximate surface area is 502 Å². The number of anilines is 1. The summed E-state index contributed by atoms with van der Waals surface area (Å²) in [5.41, 5.74) is -0.228. The monoisotopic (exact) mass is 1300 g/mol. The zero-order valence-electron chi connectivity index (χ0n) is 46.9. The number of rotatable bonds is 12. The highest BCUT2D eigenvalue weighted by molar-refractivity contribution is 5.62. The number of ether oxygens (including phenoxy) is 15. The Balaban J connectivity index is 1.04. The third kappa shape index (κ3) is 14.2. The zero-order chi connectivity index (χ0) is 64.6. The van der Waals surface area contributed by atoms with E-state index < -0.39 is 278 Å². The molecule has 510 valence electrons. The molecule has 1 aromatic rings. The van der Waals surface area contributed by atoms with E-state index in [0.717, 1.165) is 6.07 Å². The van der Waals surface area contributed by atoms with Gasteiger partial charge in [0, 0.05) is 13.1 Å². The van der Waals surface area contributed by atoms with E-state index in [1.807, 2.05) is 0 Å². The summed E-state index contributed by atoms with van der Waals surface area (Å²) in [4.78, 5) is 11.3. The van der Waals surface area contributed by atoms with Crippen molar-refractivity contribution in [3.8, 4) is 0 Å². The van der Waals surface area contributed by atoms with Gasteiger partial charge in [0.05, 0.1) is 57.8 Å². The molecule has 39 heteroatoms. The maximum atomic E-state index is 12.1. The van der Waals surface area contributed by atoms with Gasteiger partial charge >= 0.3 is 0 Å². The zero-order valence-corrected chi connectivity index (χ0v) is 46.9. The first-order valence-electron chi connectivity index (χ1n) is 28.3. The maximum Gasteiger partial charge on any atom is 0.292 e. The Morgan fingerprint density at radius 2 is 0.607 bits per heavy atom. The Bertz CT molecular complexity index is 2400. The van der Waals surface area contributed by atoms with Gasteiger partial charge in [-0.25, -0.2) is 0 Å². The first-order valence-corrected chi connectivity index (χ1v) is 28.3. The van der Waals surface area contributed by atoms with Crippen molar-refractivity contribution in [2.75, 3.05) is 58.6 Å². The Kier molecular flexibility index (Phi) is 23.9. The molecule has 0 spiro atoms. The predicted octanol–water partition coefficient (Wildman–Crippen LogP) is -13.1. The van der Waals surface area contributed by atoms with Crippen LogP contribution in [0.25, 0.3) is 0 Å². The third-order valence-electron chi connectivity index (χ3n) is 16.7. The summed E-state index contributed by atoms with van der Waals surface area (Å²) >= 11 is 0. The lowest BCUT2D eigenvalue weighted by atomic mass is 9.95. The lowest BCUT2D eigenvalue weighted by Crippen LogP contribution is -2.68. The van der Waals surface area contributed by atoms with E-state index in [2.05, 4.69) is 5.32 Å². The van der Waals surface area contributed by atoms with Crippen molar-refractivity contribution in [3.05, 3.63) is 33.9 Å². The molecule has 0 amide bonds. The van der Waals surface area contributed by atoms with Crippen LogP contribution in [-0.2, 0) is 77.7 Å². The van der Waals surface area contributed by atoms with E-state index in [1.54, 1.807) is 0 Å². The molecule has 22 rings (SSSR count). The smallest absolute Gasteiger partial charge is 0.292 e. The Morgan fingerprint density at radius 1 is 0.371 bits per heavy atom. The van der Waals surface area contributed by atoms with Gasteiger partial charge in [-0.1, -0.05) is 6.07 Å². The molecule has 21 N–H and O–H groups in total. The fourth-order valence-corrected chi connectivity index (χ4v) is 11.8. The molecule has 0 aliphatic carbocycles. The molecule has 21 aliphatic rings. The van der Waals surface area contributed by atoms with Gasteiger partial charge in [0.1, 0.15) is 177 Å². The van der Waals surface area contributed by atoms with E-state index in [4.69, 9.17) is 71.1 Å². The van der Waals surface area contributed by atoms with Crippen molar-refractivity contribution in [1.82, 2.24) is 0 Å².